The van der Waals surface area contributed by atoms with Crippen molar-refractivity contribution in [1.82, 2.24) is 10.4 Å². The smallest absolute Gasteiger partial charge is 0.278 e. The number of aromatic hydroxyl groups is 1. The molecule has 0 heterocycles. The third kappa shape index (κ3) is 4.53. The molecule has 13 nitrogen and oxygen atoms in total. The summed E-state index contributed by atoms with van der Waals surface area (Å²) in [5.41, 5.74) is 3.43. The number of hydroxylamine groups is 1. The number of carbonyl (C=O) groups excluding carboxylic acids is 4. The maximum absolute atomic E-state index is 14.0. The minimum atomic E-state index is -2.75. The van der Waals surface area contributed by atoms with Crippen molar-refractivity contribution in [2.75, 3.05) is 33.1 Å². The molecule has 0 bridgehead atoms. The fraction of sp³-hybridized carbons (Fsp3) is 0.500. The Bertz CT molecular complexity index is 1440. The van der Waals surface area contributed by atoms with Crippen LogP contribution in [0.5, 0.6) is 5.75 Å². The number of nitrogens with one attached hydrogen (secondary N) is 1. The Morgan fingerprint density at radius 1 is 1.12 bits per heavy atom. The zero-order valence-corrected chi connectivity index (χ0v) is 24.0. The van der Waals surface area contributed by atoms with Gasteiger partial charge in [-0.25, -0.2) is 5.48 Å². The lowest BCUT2D eigenvalue weighted by Gasteiger charge is -2.50. The van der Waals surface area contributed by atoms with Crippen LogP contribution in [0.15, 0.2) is 23.0 Å². The van der Waals surface area contributed by atoms with Crippen molar-refractivity contribution in [1.29, 1.82) is 0 Å². The third-order valence-corrected chi connectivity index (χ3v) is 7.87. The minimum absolute atomic E-state index is 0.0406. The fourth-order valence-electron chi connectivity index (χ4n) is 6.12. The van der Waals surface area contributed by atoms with Gasteiger partial charge in [-0.05, 0) is 65.3 Å². The van der Waals surface area contributed by atoms with Crippen molar-refractivity contribution in [2.24, 2.45) is 17.6 Å². The van der Waals surface area contributed by atoms with E-state index in [9.17, 15) is 39.6 Å². The predicted octanol–water partition coefficient (Wildman–Crippen LogP) is 0.490. The van der Waals surface area contributed by atoms with Gasteiger partial charge in [0.15, 0.2) is 11.4 Å². The third-order valence-electron chi connectivity index (χ3n) is 7.87. The maximum Gasteiger partial charge on any atom is 0.278 e. The van der Waals surface area contributed by atoms with Gasteiger partial charge in [0, 0.05) is 31.3 Å². The van der Waals surface area contributed by atoms with E-state index in [0.29, 0.717) is 11.3 Å². The fourth-order valence-corrected chi connectivity index (χ4v) is 6.12. The van der Waals surface area contributed by atoms with Gasteiger partial charge < -0.3 is 31.1 Å². The van der Waals surface area contributed by atoms with Crippen LogP contribution in [0.1, 0.15) is 48.7 Å². The van der Waals surface area contributed by atoms with Gasteiger partial charge in [0.1, 0.15) is 22.8 Å². The average molecular weight is 573 g/mol. The first kappa shape index (κ1) is 30.0. The number of rotatable bonds is 5. The van der Waals surface area contributed by atoms with Gasteiger partial charge in [0.25, 0.3) is 11.8 Å². The first-order valence-electron chi connectivity index (χ1n) is 13.0. The molecule has 0 aromatic heterocycles. The molecule has 4 atom stereocenters. The zero-order chi connectivity index (χ0) is 30.9. The lowest BCUT2D eigenvalue weighted by atomic mass is 9.57. The van der Waals surface area contributed by atoms with Crippen LogP contribution in [-0.2, 0) is 25.6 Å². The summed E-state index contributed by atoms with van der Waals surface area (Å²) in [7, 11) is 6.48. The summed E-state index contributed by atoms with van der Waals surface area (Å²) >= 11 is 0. The first-order valence-corrected chi connectivity index (χ1v) is 13.0. The normalized spacial score (nSPS) is 26.0. The quantitative estimate of drug-likeness (QED) is 0.212. The van der Waals surface area contributed by atoms with E-state index >= 15 is 0 Å². The van der Waals surface area contributed by atoms with E-state index in [1.165, 1.54) is 25.1 Å². The van der Waals surface area contributed by atoms with Gasteiger partial charge >= 0.3 is 0 Å². The predicted molar refractivity (Wildman–Crippen MR) is 147 cm³/mol. The molecule has 13 heteroatoms. The van der Waals surface area contributed by atoms with E-state index in [4.69, 9.17) is 10.6 Å². The summed E-state index contributed by atoms with van der Waals surface area (Å²) < 4.78 is 0. The van der Waals surface area contributed by atoms with E-state index in [-0.39, 0.29) is 29.5 Å². The Kier molecular flexibility index (Phi) is 7.22. The molecular formula is C28H36N4O9. The molecule has 0 saturated heterocycles. The number of likely N-dealkylation sites (N-methyl/N-ethyl adjacent to an activating group) is 1. The SMILES string of the molecule is CN(C)c1cc(C(=O)NOC(C)(C)C)c(O)c2c1C[C@H]1C[C@H]3[C@H](N(C)C)C(=O)C(C(N)=O)=C(O)[C@@]3(O)C(=O)C1=C2O. The van der Waals surface area contributed by atoms with Gasteiger partial charge in [-0.1, -0.05) is 0 Å². The lowest BCUT2D eigenvalue weighted by molar-refractivity contribution is -0.153. The number of anilines is 1. The summed E-state index contributed by atoms with van der Waals surface area (Å²) in [6.07, 6.45) is 0.0526. The number of ketones is 2. The van der Waals surface area contributed by atoms with Crippen LogP contribution in [0.2, 0.25) is 0 Å². The number of aliphatic hydroxyl groups excluding tert-OH is 2. The number of fused-ring (bicyclic) bond motifs is 3. The van der Waals surface area contributed by atoms with Gasteiger partial charge in [0.2, 0.25) is 5.78 Å². The number of hydrogen-bond donors (Lipinski definition) is 6. The van der Waals surface area contributed by atoms with Crippen LogP contribution in [0.25, 0.3) is 5.76 Å². The van der Waals surface area contributed by atoms with Crippen LogP contribution >= 0.6 is 0 Å². The van der Waals surface area contributed by atoms with Gasteiger partial charge in [-0.2, -0.15) is 0 Å². The molecule has 3 aliphatic carbocycles. The molecule has 1 fully saturated rings. The van der Waals surface area contributed by atoms with Crippen LogP contribution in [-0.4, -0.2) is 94.1 Å². The maximum atomic E-state index is 14.0. The van der Waals surface area contributed by atoms with Crippen LogP contribution in [0, 0.1) is 11.8 Å². The summed E-state index contributed by atoms with van der Waals surface area (Å²) in [6, 6.07) is 0.262. The van der Waals surface area contributed by atoms with E-state index in [1.807, 2.05) is 0 Å². The van der Waals surface area contributed by atoms with Crippen molar-refractivity contribution in [3.05, 3.63) is 39.7 Å². The summed E-state index contributed by atoms with van der Waals surface area (Å²) in [6.45, 7) is 5.13. The molecule has 2 amide bonds. The molecule has 3 aliphatic rings. The number of primary amides is 1. The molecule has 0 aliphatic heterocycles. The molecule has 222 valence electrons. The Morgan fingerprint density at radius 3 is 2.24 bits per heavy atom. The monoisotopic (exact) mass is 572 g/mol. The van der Waals surface area contributed by atoms with Crippen LogP contribution in [0.3, 0.4) is 0 Å². The van der Waals surface area contributed by atoms with E-state index in [2.05, 4.69) is 5.48 Å². The molecule has 41 heavy (non-hydrogen) atoms. The summed E-state index contributed by atoms with van der Waals surface area (Å²) in [5, 5.41) is 45.4. The highest BCUT2D eigenvalue weighted by molar-refractivity contribution is 6.24. The number of phenolic OH excluding ortho intramolecular Hbond substituents is 1. The van der Waals surface area contributed by atoms with Crippen molar-refractivity contribution in [3.8, 4) is 5.75 Å². The first-order chi connectivity index (χ1) is 18.8. The second-order valence-electron chi connectivity index (χ2n) is 12.1. The number of nitrogens with two attached hydrogens (primary N) is 1. The second-order valence-corrected chi connectivity index (χ2v) is 12.1. The molecule has 0 radical (unpaired) electrons. The molecule has 1 saturated carbocycles. The van der Waals surface area contributed by atoms with Crippen molar-refractivity contribution in [2.45, 2.75) is 50.9 Å². The summed E-state index contributed by atoms with van der Waals surface area (Å²) in [5.74, 6) is -8.46. The van der Waals surface area contributed by atoms with Crippen LogP contribution < -0.4 is 16.1 Å². The number of phenols is 1. The van der Waals surface area contributed by atoms with Gasteiger partial charge in [-0.15, -0.1) is 0 Å². The van der Waals surface area contributed by atoms with Gasteiger partial charge in [-0.3, -0.25) is 28.9 Å². The van der Waals surface area contributed by atoms with Gasteiger partial charge in [0.05, 0.1) is 22.8 Å². The highest BCUT2D eigenvalue weighted by Gasteiger charge is 2.64. The Morgan fingerprint density at radius 2 is 1.73 bits per heavy atom. The summed E-state index contributed by atoms with van der Waals surface area (Å²) in [4.78, 5) is 60.8. The zero-order valence-electron chi connectivity index (χ0n) is 24.0. The number of nitrogens with zero attached hydrogens (tertiary/aromatic N) is 2. The van der Waals surface area contributed by atoms with E-state index < -0.39 is 75.3 Å². The lowest BCUT2D eigenvalue weighted by Crippen LogP contribution is -2.65. The van der Waals surface area contributed by atoms with Crippen molar-refractivity contribution in [3.63, 3.8) is 0 Å². The highest BCUT2D eigenvalue weighted by atomic mass is 16.7. The molecule has 7 N–H and O–H groups in total. The molecule has 0 unspecified atom stereocenters. The Labute approximate surface area is 236 Å². The topological polar surface area (TPSA) is 203 Å². The largest absolute Gasteiger partial charge is 0.508 e. The molecule has 1 aromatic rings. The van der Waals surface area contributed by atoms with E-state index in [1.54, 1.807) is 39.8 Å². The van der Waals surface area contributed by atoms with Crippen molar-refractivity contribution < 1.29 is 44.4 Å². The standard InChI is InChI=1S/C28H36N4O9/c1-27(2,3)41-30-26(39)13-10-15(31(4)5)12-8-11-9-14-19(32(6)7)22(35)18(25(29)38)24(37)28(14,40)23(36)16(11)21(34)17(12)20(13)33/h10-11,14,19,33-34,37,40H,8-9H2,1-7H3,(H2,29,38)(H,30,39)/t11-,14-,19-,28-/m0/s1. The highest BCUT2D eigenvalue weighted by Crippen LogP contribution is 2.54. The Hall–Kier alpha value is -3.94. The molecule has 1 aromatic carbocycles. The minimum Gasteiger partial charge on any atom is -0.508 e. The average Bonchev–Trinajstić information content (AvgIpc) is 2.83. The van der Waals surface area contributed by atoms with Crippen LogP contribution in [0.4, 0.5) is 5.69 Å². The number of hydrogen-bond acceptors (Lipinski definition) is 11. The number of amides is 2. The number of Topliss-reactive ketones (excluding diaryl/α,β-unsaturated/α-hetero) is 2. The number of aliphatic hydroxyl groups is 3. The van der Waals surface area contributed by atoms with E-state index in [0.717, 1.165) is 0 Å². The van der Waals surface area contributed by atoms with Crippen molar-refractivity contribution >= 4 is 34.8 Å². The molecule has 0 spiro atoms. The second kappa shape index (κ2) is 9.86. The number of carbonyl (C=O) groups is 4. The molecule has 4 rings (SSSR count). The Balaban J connectivity index is 1.95. The molecular weight excluding hydrogens is 536 g/mol. The number of benzene rings is 1.